The van der Waals surface area contributed by atoms with Crippen LogP contribution < -0.4 is 10.2 Å². The predicted octanol–water partition coefficient (Wildman–Crippen LogP) is 2.22. The summed E-state index contributed by atoms with van der Waals surface area (Å²) in [5.41, 5.74) is 1.15. The van der Waals surface area contributed by atoms with Crippen LogP contribution in [-0.4, -0.2) is 54.6 Å². The van der Waals surface area contributed by atoms with Gasteiger partial charge in [0.1, 0.15) is 5.82 Å². The molecule has 0 spiro atoms. The molecule has 0 amide bonds. The van der Waals surface area contributed by atoms with Crippen LogP contribution in [0.1, 0.15) is 26.0 Å². The molecule has 1 saturated heterocycles. The van der Waals surface area contributed by atoms with Crippen LogP contribution >= 0.6 is 22.6 Å². The van der Waals surface area contributed by atoms with Crippen LogP contribution in [0, 0.1) is 3.57 Å². The number of anilines is 2. The molecule has 5 nitrogen and oxygen atoms in total. The van der Waals surface area contributed by atoms with Gasteiger partial charge in [-0.2, -0.15) is 4.98 Å². The van der Waals surface area contributed by atoms with Crippen molar-refractivity contribution < 1.29 is 0 Å². The maximum absolute atomic E-state index is 4.76. The van der Waals surface area contributed by atoms with Gasteiger partial charge < -0.3 is 15.1 Å². The fourth-order valence-corrected chi connectivity index (χ4v) is 3.04. The topological polar surface area (TPSA) is 44.3 Å². The Morgan fingerprint density at radius 1 is 1.15 bits per heavy atom. The van der Waals surface area contributed by atoms with Crippen molar-refractivity contribution in [3.05, 3.63) is 9.26 Å². The van der Waals surface area contributed by atoms with Crippen LogP contribution in [-0.2, 0) is 6.42 Å². The first-order valence-electron chi connectivity index (χ1n) is 7.39. The lowest BCUT2D eigenvalue weighted by Gasteiger charge is -2.32. The number of aryl methyl sites for hydroxylation is 1. The third kappa shape index (κ3) is 3.72. The fourth-order valence-electron chi connectivity index (χ4n) is 2.22. The first-order valence-corrected chi connectivity index (χ1v) is 8.47. The molecule has 0 aromatic carbocycles. The number of piperazine rings is 1. The number of hydrogen-bond donors (Lipinski definition) is 1. The molecule has 0 radical (unpaired) electrons. The summed E-state index contributed by atoms with van der Waals surface area (Å²) in [4.78, 5) is 14.1. The molecular formula is C14H24IN5. The second kappa shape index (κ2) is 7.40. The highest BCUT2D eigenvalue weighted by atomic mass is 127. The Labute approximate surface area is 135 Å². The van der Waals surface area contributed by atoms with E-state index in [2.05, 4.69) is 58.6 Å². The Hall–Kier alpha value is -0.630. The van der Waals surface area contributed by atoms with Crippen molar-refractivity contribution in [3.8, 4) is 0 Å². The predicted molar refractivity (Wildman–Crippen MR) is 92.6 cm³/mol. The number of nitrogens with one attached hydrogen (secondary N) is 1. The average molecular weight is 389 g/mol. The summed E-state index contributed by atoms with van der Waals surface area (Å²) in [7, 11) is 2.16. The molecular weight excluding hydrogens is 365 g/mol. The minimum Gasteiger partial charge on any atom is -0.369 e. The maximum Gasteiger partial charge on any atom is 0.227 e. The molecule has 0 bridgehead atoms. The minimum atomic E-state index is 0.883. The highest BCUT2D eigenvalue weighted by molar-refractivity contribution is 14.1. The van der Waals surface area contributed by atoms with Crippen LogP contribution in [0.25, 0.3) is 0 Å². The Morgan fingerprint density at radius 2 is 1.85 bits per heavy atom. The Bertz CT molecular complexity index is 443. The number of nitrogens with zero attached hydrogens (tertiary/aromatic N) is 4. The van der Waals surface area contributed by atoms with Crippen molar-refractivity contribution in [2.24, 2.45) is 0 Å². The minimum absolute atomic E-state index is 0.883. The van der Waals surface area contributed by atoms with E-state index in [9.17, 15) is 0 Å². The molecule has 1 aliphatic heterocycles. The number of rotatable bonds is 5. The van der Waals surface area contributed by atoms with Crippen molar-refractivity contribution in [1.82, 2.24) is 14.9 Å². The van der Waals surface area contributed by atoms with Gasteiger partial charge in [0.2, 0.25) is 5.95 Å². The van der Waals surface area contributed by atoms with Crippen LogP contribution in [0.4, 0.5) is 11.8 Å². The molecule has 0 atom stereocenters. The van der Waals surface area contributed by atoms with E-state index in [0.717, 1.165) is 66.6 Å². The molecule has 20 heavy (non-hydrogen) atoms. The van der Waals surface area contributed by atoms with Gasteiger partial charge in [0.15, 0.2) is 0 Å². The van der Waals surface area contributed by atoms with E-state index in [-0.39, 0.29) is 0 Å². The molecule has 1 aliphatic rings. The van der Waals surface area contributed by atoms with Gasteiger partial charge in [0.25, 0.3) is 0 Å². The van der Waals surface area contributed by atoms with Gasteiger partial charge in [0.05, 0.1) is 9.26 Å². The molecule has 1 fully saturated rings. The summed E-state index contributed by atoms with van der Waals surface area (Å²) in [6.07, 6.45) is 2.05. The van der Waals surface area contributed by atoms with Gasteiger partial charge in [-0.1, -0.05) is 13.8 Å². The van der Waals surface area contributed by atoms with Gasteiger partial charge >= 0.3 is 0 Å². The third-order valence-electron chi connectivity index (χ3n) is 3.57. The summed E-state index contributed by atoms with van der Waals surface area (Å²) in [6, 6.07) is 0. The van der Waals surface area contributed by atoms with Crippen LogP contribution in [0.2, 0.25) is 0 Å². The van der Waals surface area contributed by atoms with E-state index in [0.29, 0.717) is 0 Å². The first kappa shape index (κ1) is 15.8. The number of likely N-dealkylation sites (N-methyl/N-ethyl adjacent to an activating group) is 1. The smallest absolute Gasteiger partial charge is 0.227 e. The van der Waals surface area contributed by atoms with E-state index in [1.54, 1.807) is 0 Å². The Morgan fingerprint density at radius 3 is 2.45 bits per heavy atom. The van der Waals surface area contributed by atoms with E-state index in [4.69, 9.17) is 9.97 Å². The second-order valence-corrected chi connectivity index (χ2v) is 6.28. The number of hydrogen-bond acceptors (Lipinski definition) is 5. The van der Waals surface area contributed by atoms with Gasteiger partial charge in [-0.05, 0) is 42.5 Å². The summed E-state index contributed by atoms with van der Waals surface area (Å²) in [5, 5.41) is 3.43. The van der Waals surface area contributed by atoms with Gasteiger partial charge in [-0.3, -0.25) is 0 Å². The standard InChI is InChI=1S/C14H24IN5/c1-4-6-16-13-12(15)11(5-2)17-14(18-13)20-9-7-19(3)8-10-20/h4-10H2,1-3H3,(H,16,17,18). The first-order chi connectivity index (χ1) is 9.65. The zero-order chi connectivity index (χ0) is 14.5. The quantitative estimate of drug-likeness (QED) is 0.783. The average Bonchev–Trinajstić information content (AvgIpc) is 2.47. The van der Waals surface area contributed by atoms with Gasteiger partial charge in [0, 0.05) is 32.7 Å². The lowest BCUT2D eigenvalue weighted by Crippen LogP contribution is -2.45. The molecule has 1 aromatic rings. The zero-order valence-corrected chi connectivity index (χ0v) is 14.8. The molecule has 2 heterocycles. The lowest BCUT2D eigenvalue weighted by molar-refractivity contribution is 0.311. The summed E-state index contributed by atoms with van der Waals surface area (Å²) in [5.74, 6) is 1.88. The fraction of sp³-hybridized carbons (Fsp3) is 0.714. The SMILES string of the molecule is CCCNc1nc(N2CCN(C)CC2)nc(CC)c1I. The number of aromatic nitrogens is 2. The van der Waals surface area contributed by atoms with Crippen molar-refractivity contribution in [2.75, 3.05) is 50.0 Å². The molecule has 112 valence electrons. The molecule has 0 unspecified atom stereocenters. The molecule has 1 N–H and O–H groups in total. The highest BCUT2D eigenvalue weighted by Gasteiger charge is 2.19. The molecule has 2 rings (SSSR count). The highest BCUT2D eigenvalue weighted by Crippen LogP contribution is 2.23. The molecule has 1 aromatic heterocycles. The van der Waals surface area contributed by atoms with E-state index in [1.165, 1.54) is 0 Å². The summed E-state index contributed by atoms with van der Waals surface area (Å²) in [6.45, 7) is 9.45. The molecule has 0 saturated carbocycles. The zero-order valence-electron chi connectivity index (χ0n) is 12.6. The lowest BCUT2D eigenvalue weighted by atomic mass is 10.3. The maximum atomic E-state index is 4.76. The van der Waals surface area contributed by atoms with Crippen molar-refractivity contribution in [2.45, 2.75) is 26.7 Å². The van der Waals surface area contributed by atoms with E-state index in [1.807, 2.05) is 0 Å². The van der Waals surface area contributed by atoms with Crippen molar-refractivity contribution in [3.63, 3.8) is 0 Å². The Balaban J connectivity index is 2.23. The number of halogens is 1. The van der Waals surface area contributed by atoms with Gasteiger partial charge in [-0.25, -0.2) is 4.98 Å². The second-order valence-electron chi connectivity index (χ2n) is 5.20. The third-order valence-corrected chi connectivity index (χ3v) is 4.70. The van der Waals surface area contributed by atoms with E-state index < -0.39 is 0 Å². The Kier molecular flexibility index (Phi) is 5.83. The monoisotopic (exact) mass is 389 g/mol. The summed E-state index contributed by atoms with van der Waals surface area (Å²) >= 11 is 2.36. The van der Waals surface area contributed by atoms with Crippen molar-refractivity contribution >= 4 is 34.4 Å². The molecule has 0 aliphatic carbocycles. The molecule has 6 heteroatoms. The van der Waals surface area contributed by atoms with Crippen LogP contribution in [0.5, 0.6) is 0 Å². The van der Waals surface area contributed by atoms with E-state index >= 15 is 0 Å². The summed E-state index contributed by atoms with van der Waals surface area (Å²) < 4.78 is 1.16. The van der Waals surface area contributed by atoms with Crippen LogP contribution in [0.15, 0.2) is 0 Å². The van der Waals surface area contributed by atoms with Crippen molar-refractivity contribution in [1.29, 1.82) is 0 Å². The van der Waals surface area contributed by atoms with Gasteiger partial charge in [-0.15, -0.1) is 0 Å². The largest absolute Gasteiger partial charge is 0.369 e. The normalized spacial score (nSPS) is 16.5. The van der Waals surface area contributed by atoms with Crippen LogP contribution in [0.3, 0.4) is 0 Å².